The fraction of sp³-hybridized carbons (Fsp3) is 0.200. The van der Waals surface area contributed by atoms with Crippen LogP contribution in [0.5, 0.6) is 5.75 Å². The topological polar surface area (TPSA) is 9.23 Å². The molecule has 0 N–H and O–H groups in total. The quantitative estimate of drug-likeness (QED) is 0.726. The molecule has 0 unspecified atom stereocenters. The zero-order chi connectivity index (χ0) is 14.8. The van der Waals surface area contributed by atoms with Crippen molar-refractivity contribution in [1.82, 2.24) is 0 Å². The lowest BCUT2D eigenvalue weighted by atomic mass is 9.85. The van der Waals surface area contributed by atoms with E-state index in [1.165, 1.54) is 27.8 Å². The van der Waals surface area contributed by atoms with Crippen LogP contribution in [0, 0.1) is 0 Å². The molecule has 1 heteroatoms. The number of fused-ring (bicyclic) bond motifs is 1. The first-order valence-corrected chi connectivity index (χ1v) is 7.39. The fourth-order valence-electron chi connectivity index (χ4n) is 2.77. The molecule has 1 aliphatic carbocycles. The molecule has 106 valence electrons. The zero-order valence-electron chi connectivity index (χ0n) is 12.6. The standard InChI is InChI=1S/C20H20O/c1-14(2)21-20-11-7-6-10-19(20)17-12-15(3)18-9-5-4-8-16(18)13-17/h4-11,13-14H,3,12H2,1-2H3. The van der Waals surface area contributed by atoms with Gasteiger partial charge in [-0.3, -0.25) is 0 Å². The van der Waals surface area contributed by atoms with Crippen LogP contribution in [0.4, 0.5) is 0 Å². The minimum atomic E-state index is 0.172. The summed E-state index contributed by atoms with van der Waals surface area (Å²) in [5.74, 6) is 0.950. The van der Waals surface area contributed by atoms with E-state index in [1.54, 1.807) is 0 Å². The molecule has 0 bridgehead atoms. The van der Waals surface area contributed by atoms with Crippen molar-refractivity contribution in [1.29, 1.82) is 0 Å². The largest absolute Gasteiger partial charge is 0.490 e. The molecule has 1 aliphatic rings. The summed E-state index contributed by atoms with van der Waals surface area (Å²) < 4.78 is 5.95. The van der Waals surface area contributed by atoms with Crippen LogP contribution in [0.2, 0.25) is 0 Å². The molecule has 0 atom stereocenters. The highest BCUT2D eigenvalue weighted by molar-refractivity contribution is 5.96. The van der Waals surface area contributed by atoms with Crippen LogP contribution < -0.4 is 4.74 Å². The molecule has 0 spiro atoms. The third-order valence-electron chi connectivity index (χ3n) is 3.67. The number of hydrogen-bond donors (Lipinski definition) is 0. The predicted molar refractivity (Wildman–Crippen MR) is 90.2 cm³/mol. The molecule has 3 rings (SSSR count). The Morgan fingerprint density at radius 2 is 1.62 bits per heavy atom. The molecule has 0 fully saturated rings. The van der Waals surface area contributed by atoms with Crippen molar-refractivity contribution in [3.05, 3.63) is 71.8 Å². The maximum Gasteiger partial charge on any atom is 0.127 e. The second-order valence-electron chi connectivity index (χ2n) is 5.70. The maximum absolute atomic E-state index is 5.95. The van der Waals surface area contributed by atoms with Crippen LogP contribution in [0.1, 0.15) is 37.0 Å². The van der Waals surface area contributed by atoms with E-state index in [9.17, 15) is 0 Å². The van der Waals surface area contributed by atoms with Crippen LogP contribution in [0.15, 0.2) is 55.1 Å². The Kier molecular flexibility index (Phi) is 3.66. The number of rotatable bonds is 3. The van der Waals surface area contributed by atoms with Gasteiger partial charge in [-0.1, -0.05) is 55.1 Å². The number of hydrogen-bond acceptors (Lipinski definition) is 1. The molecular formula is C20H20O. The van der Waals surface area contributed by atoms with E-state index in [2.05, 4.69) is 62.9 Å². The molecular weight excluding hydrogens is 256 g/mol. The molecule has 0 amide bonds. The molecule has 2 aromatic carbocycles. The lowest BCUT2D eigenvalue weighted by molar-refractivity contribution is 0.241. The highest BCUT2D eigenvalue weighted by Crippen LogP contribution is 2.39. The highest BCUT2D eigenvalue weighted by Gasteiger charge is 2.17. The average Bonchev–Trinajstić information content (AvgIpc) is 2.47. The van der Waals surface area contributed by atoms with Crippen LogP contribution in [0.3, 0.4) is 0 Å². The van der Waals surface area contributed by atoms with Gasteiger partial charge in [-0.25, -0.2) is 0 Å². The summed E-state index contributed by atoms with van der Waals surface area (Å²) in [5, 5.41) is 0. The summed E-state index contributed by atoms with van der Waals surface area (Å²) in [6.07, 6.45) is 3.30. The third-order valence-corrected chi connectivity index (χ3v) is 3.67. The minimum absolute atomic E-state index is 0.172. The highest BCUT2D eigenvalue weighted by atomic mass is 16.5. The Morgan fingerprint density at radius 3 is 2.38 bits per heavy atom. The van der Waals surface area contributed by atoms with Gasteiger partial charge >= 0.3 is 0 Å². The van der Waals surface area contributed by atoms with Crippen LogP contribution in [-0.2, 0) is 0 Å². The first kappa shape index (κ1) is 13.7. The van der Waals surface area contributed by atoms with E-state index in [4.69, 9.17) is 4.74 Å². The van der Waals surface area contributed by atoms with Crippen molar-refractivity contribution in [2.75, 3.05) is 0 Å². The van der Waals surface area contributed by atoms with Gasteiger partial charge in [0.2, 0.25) is 0 Å². The van der Waals surface area contributed by atoms with E-state index in [-0.39, 0.29) is 6.10 Å². The third kappa shape index (κ3) is 2.78. The van der Waals surface area contributed by atoms with Gasteiger partial charge in [-0.2, -0.15) is 0 Å². The zero-order valence-corrected chi connectivity index (χ0v) is 12.6. The predicted octanol–water partition coefficient (Wildman–Crippen LogP) is 5.43. The van der Waals surface area contributed by atoms with E-state index >= 15 is 0 Å². The normalized spacial score (nSPS) is 13.9. The molecule has 1 nitrogen and oxygen atoms in total. The molecule has 0 aliphatic heterocycles. The van der Waals surface area contributed by atoms with Gasteiger partial charge in [0, 0.05) is 5.56 Å². The average molecular weight is 276 g/mol. The monoisotopic (exact) mass is 276 g/mol. The molecule has 0 aromatic heterocycles. The van der Waals surface area contributed by atoms with Crippen molar-refractivity contribution < 1.29 is 4.74 Å². The smallest absolute Gasteiger partial charge is 0.127 e. The summed E-state index contributed by atoms with van der Waals surface area (Å²) in [5.41, 5.74) is 6.10. The van der Waals surface area contributed by atoms with Crippen molar-refractivity contribution in [2.24, 2.45) is 0 Å². The van der Waals surface area contributed by atoms with E-state index in [1.807, 2.05) is 12.1 Å². The van der Waals surface area contributed by atoms with Gasteiger partial charge < -0.3 is 4.74 Å². The summed E-state index contributed by atoms with van der Waals surface area (Å²) in [7, 11) is 0. The molecule has 0 heterocycles. The summed E-state index contributed by atoms with van der Waals surface area (Å²) >= 11 is 0. The SMILES string of the molecule is C=C1CC(c2ccccc2OC(C)C)=Cc2ccccc21. The second kappa shape index (κ2) is 5.61. The number of benzene rings is 2. The Hall–Kier alpha value is -2.28. The van der Waals surface area contributed by atoms with Gasteiger partial charge in [-0.05, 0) is 48.6 Å². The fourth-order valence-corrected chi connectivity index (χ4v) is 2.77. The molecule has 0 radical (unpaired) electrons. The molecule has 21 heavy (non-hydrogen) atoms. The van der Waals surface area contributed by atoms with Crippen LogP contribution in [0.25, 0.3) is 17.2 Å². The Bertz CT molecular complexity index is 707. The second-order valence-corrected chi connectivity index (χ2v) is 5.70. The molecule has 2 aromatic rings. The first-order valence-electron chi connectivity index (χ1n) is 7.39. The van der Waals surface area contributed by atoms with Gasteiger partial charge in [0.15, 0.2) is 0 Å². The number of ether oxygens (including phenoxy) is 1. The van der Waals surface area contributed by atoms with E-state index < -0.39 is 0 Å². The minimum Gasteiger partial charge on any atom is -0.490 e. The molecule has 0 saturated carbocycles. The van der Waals surface area contributed by atoms with E-state index in [0.717, 1.165) is 12.2 Å². The van der Waals surface area contributed by atoms with Gasteiger partial charge in [0.1, 0.15) is 5.75 Å². The maximum atomic E-state index is 5.95. The Morgan fingerprint density at radius 1 is 0.952 bits per heavy atom. The summed E-state index contributed by atoms with van der Waals surface area (Å²) in [6.45, 7) is 8.35. The van der Waals surface area contributed by atoms with Crippen molar-refractivity contribution >= 4 is 17.2 Å². The number of allylic oxidation sites excluding steroid dienone is 2. The van der Waals surface area contributed by atoms with Crippen LogP contribution in [-0.4, -0.2) is 6.10 Å². The van der Waals surface area contributed by atoms with E-state index in [0.29, 0.717) is 0 Å². The first-order chi connectivity index (χ1) is 10.1. The van der Waals surface area contributed by atoms with Gasteiger partial charge in [0.25, 0.3) is 0 Å². The lowest BCUT2D eigenvalue weighted by Crippen LogP contribution is -2.08. The van der Waals surface area contributed by atoms with Crippen molar-refractivity contribution in [3.63, 3.8) is 0 Å². The Labute approximate surface area is 126 Å². The van der Waals surface area contributed by atoms with Crippen molar-refractivity contribution in [3.8, 4) is 5.75 Å². The van der Waals surface area contributed by atoms with Gasteiger partial charge in [-0.15, -0.1) is 0 Å². The Balaban J connectivity index is 2.06. The number of para-hydroxylation sites is 1. The summed E-state index contributed by atoms with van der Waals surface area (Å²) in [6, 6.07) is 16.7. The summed E-state index contributed by atoms with van der Waals surface area (Å²) in [4.78, 5) is 0. The molecule has 0 saturated heterocycles. The van der Waals surface area contributed by atoms with Gasteiger partial charge in [0.05, 0.1) is 6.10 Å². The van der Waals surface area contributed by atoms with Crippen molar-refractivity contribution in [2.45, 2.75) is 26.4 Å². The lowest BCUT2D eigenvalue weighted by Gasteiger charge is -2.21. The van der Waals surface area contributed by atoms with Crippen LogP contribution >= 0.6 is 0 Å².